The number of hydrogen-bond acceptors (Lipinski definition) is 5. The fraction of sp³-hybridized carbons (Fsp3) is 0.0952. The molecule has 0 saturated carbocycles. The Morgan fingerprint density at radius 1 is 1.18 bits per heavy atom. The Balaban J connectivity index is 1.85. The number of nitrogens with one attached hydrogen (secondary N) is 1. The van der Waals surface area contributed by atoms with Gasteiger partial charge in [-0.3, -0.25) is 4.98 Å². The van der Waals surface area contributed by atoms with Crippen LogP contribution in [0.4, 0.5) is 0 Å². The first-order chi connectivity index (χ1) is 13.7. The molecule has 0 aliphatic rings. The standard InChI is InChI=1S/C21H20N6O/c1-28-15-7-8-16-17(10-14-5-2-6-18(25-14)21(22)27-23)20(26-19(16)11-15)13-4-3-9-24-12-13/h2-9,11-12,26H,10,23H2,1H3,(H2,22,27). The fourth-order valence-electron chi connectivity index (χ4n) is 3.27. The van der Waals surface area contributed by atoms with Crippen molar-refractivity contribution in [3.63, 3.8) is 0 Å². The van der Waals surface area contributed by atoms with Crippen molar-refractivity contribution in [2.24, 2.45) is 16.7 Å². The quantitative estimate of drug-likeness (QED) is 0.216. The monoisotopic (exact) mass is 372 g/mol. The Kier molecular flexibility index (Phi) is 4.63. The number of hydrazone groups is 1. The van der Waals surface area contributed by atoms with Crippen LogP contribution in [0.15, 0.2) is 66.0 Å². The van der Waals surface area contributed by atoms with Crippen LogP contribution < -0.4 is 16.3 Å². The van der Waals surface area contributed by atoms with Crippen LogP contribution in [0, 0.1) is 0 Å². The van der Waals surface area contributed by atoms with Crippen LogP contribution in [0.1, 0.15) is 17.0 Å². The van der Waals surface area contributed by atoms with Gasteiger partial charge in [-0.25, -0.2) is 4.98 Å². The summed E-state index contributed by atoms with van der Waals surface area (Å²) in [4.78, 5) is 12.4. The van der Waals surface area contributed by atoms with Crippen molar-refractivity contribution in [2.45, 2.75) is 6.42 Å². The van der Waals surface area contributed by atoms with Crippen molar-refractivity contribution < 1.29 is 4.74 Å². The summed E-state index contributed by atoms with van der Waals surface area (Å²) >= 11 is 0. The molecule has 7 nitrogen and oxygen atoms in total. The van der Waals surface area contributed by atoms with Gasteiger partial charge in [0, 0.05) is 47.0 Å². The summed E-state index contributed by atoms with van der Waals surface area (Å²) in [5.41, 5.74) is 11.4. The molecule has 1 aromatic carbocycles. The van der Waals surface area contributed by atoms with Crippen LogP contribution in [0.3, 0.4) is 0 Å². The molecule has 0 atom stereocenters. The molecule has 0 saturated heterocycles. The Labute approximate surface area is 162 Å². The number of ether oxygens (including phenoxy) is 1. The minimum Gasteiger partial charge on any atom is -0.497 e. The third-order valence-electron chi connectivity index (χ3n) is 4.63. The summed E-state index contributed by atoms with van der Waals surface area (Å²) in [6.07, 6.45) is 4.21. The Hall–Kier alpha value is -3.87. The van der Waals surface area contributed by atoms with Crippen molar-refractivity contribution in [1.82, 2.24) is 15.0 Å². The first-order valence-electron chi connectivity index (χ1n) is 8.78. The van der Waals surface area contributed by atoms with E-state index in [1.807, 2.05) is 42.6 Å². The molecule has 28 heavy (non-hydrogen) atoms. The lowest BCUT2D eigenvalue weighted by atomic mass is 10.0. The first-order valence-corrected chi connectivity index (χ1v) is 8.78. The van der Waals surface area contributed by atoms with Crippen molar-refractivity contribution in [3.8, 4) is 17.0 Å². The van der Waals surface area contributed by atoms with Crippen molar-refractivity contribution >= 4 is 16.7 Å². The summed E-state index contributed by atoms with van der Waals surface area (Å²) in [5.74, 6) is 6.29. The average Bonchev–Trinajstić information content (AvgIpc) is 3.11. The van der Waals surface area contributed by atoms with Crippen molar-refractivity contribution in [1.29, 1.82) is 0 Å². The van der Waals surface area contributed by atoms with E-state index in [4.69, 9.17) is 16.3 Å². The van der Waals surface area contributed by atoms with Crippen LogP contribution in [0.2, 0.25) is 0 Å². The highest BCUT2D eigenvalue weighted by Crippen LogP contribution is 2.33. The molecule has 0 fully saturated rings. The van der Waals surface area contributed by atoms with Gasteiger partial charge in [-0.2, -0.15) is 5.10 Å². The van der Waals surface area contributed by atoms with E-state index in [9.17, 15) is 0 Å². The van der Waals surface area contributed by atoms with E-state index in [1.165, 1.54) is 0 Å². The number of nitrogens with two attached hydrogens (primary N) is 2. The molecule has 0 bridgehead atoms. The summed E-state index contributed by atoms with van der Waals surface area (Å²) in [6, 6.07) is 15.6. The maximum atomic E-state index is 5.81. The second-order valence-electron chi connectivity index (χ2n) is 6.34. The maximum Gasteiger partial charge on any atom is 0.168 e. The van der Waals surface area contributed by atoms with E-state index in [0.29, 0.717) is 12.1 Å². The van der Waals surface area contributed by atoms with Crippen molar-refractivity contribution in [3.05, 3.63) is 77.9 Å². The zero-order valence-electron chi connectivity index (χ0n) is 15.4. The van der Waals surface area contributed by atoms with Gasteiger partial charge in [0.2, 0.25) is 0 Å². The molecule has 3 heterocycles. The lowest BCUT2D eigenvalue weighted by molar-refractivity contribution is 0.415. The molecular weight excluding hydrogens is 352 g/mol. The predicted molar refractivity (Wildman–Crippen MR) is 110 cm³/mol. The summed E-state index contributed by atoms with van der Waals surface area (Å²) in [7, 11) is 1.66. The SMILES string of the molecule is COc1ccc2c(Cc3cccc(/C(N)=N/N)n3)c(-c3cccnc3)[nH]c2c1. The summed E-state index contributed by atoms with van der Waals surface area (Å²) in [6.45, 7) is 0. The molecule has 5 N–H and O–H groups in total. The van der Waals surface area contributed by atoms with E-state index in [2.05, 4.69) is 26.1 Å². The largest absolute Gasteiger partial charge is 0.497 e. The highest BCUT2D eigenvalue weighted by Gasteiger charge is 2.15. The van der Waals surface area contributed by atoms with Gasteiger partial charge in [-0.05, 0) is 42.0 Å². The number of hydrogen-bond donors (Lipinski definition) is 3. The number of rotatable bonds is 5. The second-order valence-corrected chi connectivity index (χ2v) is 6.34. The third kappa shape index (κ3) is 3.25. The van der Waals surface area contributed by atoms with E-state index in [0.717, 1.165) is 39.2 Å². The van der Waals surface area contributed by atoms with Gasteiger partial charge in [0.1, 0.15) is 11.4 Å². The zero-order valence-corrected chi connectivity index (χ0v) is 15.4. The average molecular weight is 372 g/mol. The van der Waals surface area contributed by atoms with Crippen LogP contribution in [-0.2, 0) is 6.42 Å². The lowest BCUT2D eigenvalue weighted by Crippen LogP contribution is -2.17. The maximum absolute atomic E-state index is 5.81. The van der Waals surface area contributed by atoms with Gasteiger partial charge in [0.15, 0.2) is 5.84 Å². The van der Waals surface area contributed by atoms with E-state index < -0.39 is 0 Å². The van der Waals surface area contributed by atoms with Crippen LogP contribution in [0.5, 0.6) is 5.75 Å². The molecule has 3 aromatic heterocycles. The summed E-state index contributed by atoms with van der Waals surface area (Å²) in [5, 5.41) is 4.64. The second kappa shape index (κ2) is 7.40. The van der Waals surface area contributed by atoms with E-state index in [1.54, 1.807) is 19.4 Å². The smallest absolute Gasteiger partial charge is 0.168 e. The van der Waals surface area contributed by atoms with Crippen molar-refractivity contribution in [2.75, 3.05) is 7.11 Å². The molecule has 4 aromatic rings. The number of amidine groups is 1. The van der Waals surface area contributed by atoms with E-state index in [-0.39, 0.29) is 5.84 Å². The van der Waals surface area contributed by atoms with Crippen LogP contribution in [-0.4, -0.2) is 27.9 Å². The molecule has 0 unspecified atom stereocenters. The lowest BCUT2D eigenvalue weighted by Gasteiger charge is -2.07. The third-order valence-corrected chi connectivity index (χ3v) is 4.63. The molecule has 7 heteroatoms. The van der Waals surface area contributed by atoms with Gasteiger partial charge in [0.25, 0.3) is 0 Å². The molecule has 0 amide bonds. The normalized spacial score (nSPS) is 11.7. The first kappa shape index (κ1) is 17.5. The molecular formula is C21H20N6O. The van der Waals surface area contributed by atoms with Crippen LogP contribution in [0.25, 0.3) is 22.2 Å². The zero-order chi connectivity index (χ0) is 19.5. The van der Waals surface area contributed by atoms with Crippen LogP contribution >= 0.6 is 0 Å². The molecule has 0 spiro atoms. The van der Waals surface area contributed by atoms with Gasteiger partial charge in [0.05, 0.1) is 12.8 Å². The Morgan fingerprint density at radius 2 is 2.07 bits per heavy atom. The van der Waals surface area contributed by atoms with E-state index >= 15 is 0 Å². The molecule has 4 rings (SSSR count). The predicted octanol–water partition coefficient (Wildman–Crippen LogP) is 2.80. The number of H-pyrrole nitrogens is 1. The van der Waals surface area contributed by atoms with Gasteiger partial charge in [-0.1, -0.05) is 6.07 Å². The Bertz CT molecular complexity index is 1150. The fourth-order valence-corrected chi connectivity index (χ4v) is 3.27. The number of aromatic nitrogens is 3. The number of aromatic amines is 1. The highest BCUT2D eigenvalue weighted by atomic mass is 16.5. The molecule has 140 valence electrons. The van der Waals surface area contributed by atoms with Gasteiger partial charge >= 0.3 is 0 Å². The number of nitrogens with zero attached hydrogens (tertiary/aromatic N) is 3. The molecule has 0 radical (unpaired) electrons. The number of methoxy groups -OCH3 is 1. The Morgan fingerprint density at radius 3 is 2.82 bits per heavy atom. The summed E-state index contributed by atoms with van der Waals surface area (Å²) < 4.78 is 5.37. The number of benzene rings is 1. The van der Waals surface area contributed by atoms with Gasteiger partial charge in [-0.15, -0.1) is 0 Å². The minimum absolute atomic E-state index is 0.206. The minimum atomic E-state index is 0.206. The number of fused-ring (bicyclic) bond motifs is 1. The molecule has 0 aliphatic carbocycles. The topological polar surface area (TPSA) is 115 Å². The number of pyridine rings is 2. The highest BCUT2D eigenvalue weighted by molar-refractivity contribution is 5.95. The molecule has 0 aliphatic heterocycles. The van der Waals surface area contributed by atoms with Gasteiger partial charge < -0.3 is 21.3 Å².